The molecule has 0 aliphatic rings. The van der Waals surface area contributed by atoms with Crippen LogP contribution in [0.1, 0.15) is 10.4 Å². The highest BCUT2D eigenvalue weighted by Crippen LogP contribution is 2.20. The number of benzene rings is 1. The summed E-state index contributed by atoms with van der Waals surface area (Å²) in [5, 5.41) is 3.04. The number of aromatic nitrogens is 1. The maximum absolute atomic E-state index is 12.6. The summed E-state index contributed by atoms with van der Waals surface area (Å²) in [4.78, 5) is 15.3. The molecule has 0 bridgehead atoms. The Balaban J connectivity index is 2.19. The van der Waals surface area contributed by atoms with E-state index in [0.29, 0.717) is 20.7 Å². The summed E-state index contributed by atoms with van der Waals surface area (Å²) in [5.74, 6) is -0.940. The fourth-order valence-corrected chi connectivity index (χ4v) is 2.20. The second-order valence-corrected chi connectivity index (χ2v) is 4.83. The van der Waals surface area contributed by atoms with Crippen molar-refractivity contribution in [1.29, 1.82) is 0 Å². The van der Waals surface area contributed by atoms with Gasteiger partial charge in [-0.15, -0.1) is 0 Å². The molecule has 1 N–H and O–H groups in total. The van der Waals surface area contributed by atoms with Crippen molar-refractivity contribution < 1.29 is 9.18 Å². The van der Waals surface area contributed by atoms with Gasteiger partial charge in [0.15, 0.2) is 0 Å². The van der Waals surface area contributed by atoms with E-state index in [0.717, 1.165) is 0 Å². The number of amides is 1. The van der Waals surface area contributed by atoms with Gasteiger partial charge in [0.25, 0.3) is 5.91 Å². The van der Waals surface area contributed by atoms with Gasteiger partial charge in [-0.25, -0.2) is 4.98 Å². The summed E-state index contributed by atoms with van der Waals surface area (Å²) in [7, 11) is 0. The minimum Gasteiger partial charge on any atom is -0.321 e. The molecule has 0 saturated carbocycles. The molecule has 0 aliphatic heterocycles. The third-order valence-corrected chi connectivity index (χ3v) is 2.79. The molecule has 6 heteroatoms. The summed E-state index contributed by atoms with van der Waals surface area (Å²) in [5.41, 5.74) is 0.816. The average Bonchev–Trinajstić information content (AvgIpc) is 2.31. The number of hydrogen-bond acceptors (Lipinski definition) is 2. The number of hydrogen-bond donors (Lipinski definition) is 1. The van der Waals surface area contributed by atoms with Crippen LogP contribution in [0.2, 0.25) is 5.02 Å². The van der Waals surface area contributed by atoms with Crippen LogP contribution in [0.4, 0.5) is 10.1 Å². The van der Waals surface area contributed by atoms with Gasteiger partial charge in [0.1, 0.15) is 0 Å². The lowest BCUT2D eigenvalue weighted by molar-refractivity contribution is 0.102. The molecule has 1 heterocycles. The molecule has 0 fully saturated rings. The Labute approximate surface area is 116 Å². The monoisotopic (exact) mass is 328 g/mol. The van der Waals surface area contributed by atoms with Crippen LogP contribution in [-0.4, -0.2) is 10.9 Å². The van der Waals surface area contributed by atoms with Crippen LogP contribution in [0.5, 0.6) is 0 Å². The third-order valence-electron chi connectivity index (χ3n) is 2.11. The van der Waals surface area contributed by atoms with Crippen molar-refractivity contribution in [2.45, 2.75) is 0 Å². The second-order valence-electron chi connectivity index (χ2n) is 3.48. The molecule has 0 unspecified atom stereocenters. The van der Waals surface area contributed by atoms with Crippen molar-refractivity contribution in [3.8, 4) is 0 Å². The van der Waals surface area contributed by atoms with Crippen LogP contribution in [-0.2, 0) is 0 Å². The lowest BCUT2D eigenvalue weighted by Crippen LogP contribution is -2.12. The minimum absolute atomic E-state index is 0.341. The first-order chi connectivity index (χ1) is 8.54. The quantitative estimate of drug-likeness (QED) is 0.849. The van der Waals surface area contributed by atoms with E-state index in [1.165, 1.54) is 18.3 Å². The normalized spacial score (nSPS) is 10.2. The molecule has 0 radical (unpaired) electrons. The van der Waals surface area contributed by atoms with Crippen LogP contribution < -0.4 is 5.32 Å². The Morgan fingerprint density at radius 3 is 2.72 bits per heavy atom. The highest BCUT2D eigenvalue weighted by atomic mass is 79.9. The second kappa shape index (κ2) is 5.46. The maximum atomic E-state index is 12.6. The molecule has 1 aromatic carbocycles. The molecule has 1 aromatic heterocycles. The van der Waals surface area contributed by atoms with Crippen LogP contribution in [0.15, 0.2) is 41.0 Å². The van der Waals surface area contributed by atoms with Gasteiger partial charge in [-0.2, -0.15) is 4.39 Å². The number of carbonyl (C=O) groups is 1. The summed E-state index contributed by atoms with van der Waals surface area (Å²) < 4.78 is 13.3. The molecular weight excluding hydrogens is 322 g/mol. The highest BCUT2D eigenvalue weighted by Gasteiger charge is 2.08. The van der Waals surface area contributed by atoms with Crippen LogP contribution in [0, 0.1) is 5.95 Å². The van der Waals surface area contributed by atoms with Gasteiger partial charge >= 0.3 is 0 Å². The predicted octanol–water partition coefficient (Wildman–Crippen LogP) is 3.89. The highest BCUT2D eigenvalue weighted by molar-refractivity contribution is 9.10. The van der Waals surface area contributed by atoms with E-state index in [2.05, 4.69) is 26.2 Å². The Bertz CT molecular complexity index is 569. The summed E-state index contributed by atoms with van der Waals surface area (Å²) in [6, 6.07) is 7.46. The number of nitrogens with one attached hydrogen (secondary N) is 1. The molecule has 0 saturated heterocycles. The first-order valence-electron chi connectivity index (χ1n) is 4.93. The van der Waals surface area contributed by atoms with Crippen molar-refractivity contribution in [3.63, 3.8) is 0 Å². The summed E-state index contributed by atoms with van der Waals surface area (Å²) in [6.45, 7) is 0. The molecule has 0 aliphatic carbocycles. The molecule has 18 heavy (non-hydrogen) atoms. The minimum atomic E-state index is -0.599. The Hall–Kier alpha value is -1.46. The van der Waals surface area contributed by atoms with Gasteiger partial charge in [0.2, 0.25) is 5.95 Å². The number of rotatable bonds is 2. The van der Waals surface area contributed by atoms with Gasteiger partial charge in [-0.1, -0.05) is 27.5 Å². The SMILES string of the molecule is O=C(Nc1ccc(F)nc1)c1cc(Cl)cc(Br)c1. The standard InChI is InChI=1S/C12H7BrClFN2O/c13-8-3-7(4-9(14)5-8)12(18)17-10-1-2-11(15)16-6-10/h1-6H,(H,17,18). The molecule has 1 amide bonds. The number of nitrogens with zero attached hydrogens (tertiary/aromatic N) is 1. The van der Waals surface area contributed by atoms with Crippen LogP contribution in [0.3, 0.4) is 0 Å². The van der Waals surface area contributed by atoms with E-state index < -0.39 is 5.95 Å². The third kappa shape index (κ3) is 3.27. The van der Waals surface area contributed by atoms with Crippen molar-refractivity contribution >= 4 is 39.1 Å². The Kier molecular flexibility index (Phi) is 3.93. The molecule has 0 atom stereocenters. The van der Waals surface area contributed by atoms with Crippen LogP contribution in [0.25, 0.3) is 0 Å². The Morgan fingerprint density at radius 1 is 1.33 bits per heavy atom. The summed E-state index contributed by atoms with van der Waals surface area (Å²) in [6.07, 6.45) is 1.24. The largest absolute Gasteiger partial charge is 0.321 e. The zero-order chi connectivity index (χ0) is 13.1. The van der Waals surface area contributed by atoms with Gasteiger partial charge in [-0.05, 0) is 30.3 Å². The predicted molar refractivity (Wildman–Crippen MR) is 71.3 cm³/mol. The van der Waals surface area contributed by atoms with Crippen LogP contribution >= 0.6 is 27.5 Å². The van der Waals surface area contributed by atoms with E-state index in [-0.39, 0.29) is 5.91 Å². The first kappa shape index (κ1) is 13.0. The van der Waals surface area contributed by atoms with Crippen molar-refractivity contribution in [2.75, 3.05) is 5.32 Å². The van der Waals surface area contributed by atoms with E-state index in [9.17, 15) is 9.18 Å². The van der Waals surface area contributed by atoms with E-state index in [4.69, 9.17) is 11.6 Å². The Morgan fingerprint density at radius 2 is 2.11 bits per heavy atom. The number of anilines is 1. The lowest BCUT2D eigenvalue weighted by atomic mass is 10.2. The fourth-order valence-electron chi connectivity index (χ4n) is 1.34. The van der Waals surface area contributed by atoms with E-state index in [1.54, 1.807) is 18.2 Å². The lowest BCUT2D eigenvalue weighted by Gasteiger charge is -2.05. The van der Waals surface area contributed by atoms with Gasteiger partial charge in [0.05, 0.1) is 11.9 Å². The van der Waals surface area contributed by atoms with E-state index >= 15 is 0 Å². The molecule has 0 spiro atoms. The van der Waals surface area contributed by atoms with Gasteiger partial charge in [0, 0.05) is 15.1 Å². The van der Waals surface area contributed by atoms with Crippen molar-refractivity contribution in [2.24, 2.45) is 0 Å². The van der Waals surface area contributed by atoms with Crippen molar-refractivity contribution in [3.05, 3.63) is 57.5 Å². The fraction of sp³-hybridized carbons (Fsp3) is 0. The van der Waals surface area contributed by atoms with Gasteiger partial charge in [-0.3, -0.25) is 4.79 Å². The molecule has 2 rings (SSSR count). The summed E-state index contributed by atoms with van der Waals surface area (Å²) >= 11 is 9.10. The maximum Gasteiger partial charge on any atom is 0.255 e. The first-order valence-corrected chi connectivity index (χ1v) is 6.11. The molecular formula is C12H7BrClFN2O. The number of halogens is 3. The molecule has 92 valence electrons. The van der Waals surface area contributed by atoms with E-state index in [1.807, 2.05) is 0 Å². The van der Waals surface area contributed by atoms with Crippen molar-refractivity contribution in [1.82, 2.24) is 4.98 Å². The molecule has 2 aromatic rings. The smallest absolute Gasteiger partial charge is 0.255 e. The zero-order valence-electron chi connectivity index (χ0n) is 8.95. The number of carbonyl (C=O) groups excluding carboxylic acids is 1. The number of pyridine rings is 1. The zero-order valence-corrected chi connectivity index (χ0v) is 11.3. The van der Waals surface area contributed by atoms with Gasteiger partial charge < -0.3 is 5.32 Å². The topological polar surface area (TPSA) is 42.0 Å². The average molecular weight is 330 g/mol. The molecule has 3 nitrogen and oxygen atoms in total.